The molecule has 0 radical (unpaired) electrons. The number of sulfonamides is 1. The first kappa shape index (κ1) is 16.1. The van der Waals surface area contributed by atoms with Crippen molar-refractivity contribution in [2.24, 2.45) is 11.1 Å². The maximum Gasteiger partial charge on any atom is 0.240 e. The van der Waals surface area contributed by atoms with Crippen molar-refractivity contribution >= 4 is 21.4 Å². The van der Waals surface area contributed by atoms with Crippen LogP contribution in [0.15, 0.2) is 23.1 Å². The summed E-state index contributed by atoms with van der Waals surface area (Å²) in [4.78, 5) is 2.41. The predicted molar refractivity (Wildman–Crippen MR) is 85.6 cm³/mol. The third kappa shape index (κ3) is 4.59. The molecule has 5 N–H and O–H groups in total. The van der Waals surface area contributed by atoms with E-state index in [0.717, 1.165) is 37.8 Å². The third-order valence-corrected chi connectivity index (χ3v) is 4.93. The van der Waals surface area contributed by atoms with E-state index in [4.69, 9.17) is 10.9 Å². The minimum absolute atomic E-state index is 0.0296. The number of anilines is 2. The molecule has 0 saturated carbocycles. The average Bonchev–Trinajstić information content (AvgIpc) is 2.40. The monoisotopic (exact) mass is 312 g/mol. The summed E-state index contributed by atoms with van der Waals surface area (Å²) >= 11 is 0. The maximum atomic E-state index is 11.3. The number of nitrogens with two attached hydrogens (primary N) is 2. The van der Waals surface area contributed by atoms with Crippen LogP contribution in [0.4, 0.5) is 11.4 Å². The molecule has 0 unspecified atom stereocenters. The van der Waals surface area contributed by atoms with Crippen LogP contribution >= 0.6 is 0 Å². The molecule has 21 heavy (non-hydrogen) atoms. The second-order valence-corrected chi connectivity index (χ2v) is 7.28. The fourth-order valence-electron chi connectivity index (χ4n) is 2.56. The van der Waals surface area contributed by atoms with Crippen LogP contribution in [0.5, 0.6) is 0 Å². The number of rotatable bonds is 5. The molecule has 1 heterocycles. The Morgan fingerprint density at radius 1 is 1.33 bits per heavy atom. The van der Waals surface area contributed by atoms with Crippen molar-refractivity contribution < 1.29 is 8.42 Å². The highest BCUT2D eigenvalue weighted by atomic mass is 32.2. The number of piperidine rings is 1. The van der Waals surface area contributed by atoms with Crippen molar-refractivity contribution in [1.29, 1.82) is 0 Å². The number of nitrogens with one attached hydrogen (secondary N) is 1. The summed E-state index contributed by atoms with van der Waals surface area (Å²) in [6.45, 7) is 6.38. The van der Waals surface area contributed by atoms with E-state index in [1.807, 2.05) is 0 Å². The number of likely N-dealkylation sites (tertiary alicyclic amines) is 1. The lowest BCUT2D eigenvalue weighted by atomic mass is 9.99. The van der Waals surface area contributed by atoms with E-state index < -0.39 is 10.0 Å². The van der Waals surface area contributed by atoms with Crippen molar-refractivity contribution in [3.63, 3.8) is 0 Å². The molecule has 0 aliphatic carbocycles. The van der Waals surface area contributed by atoms with Gasteiger partial charge in [0.25, 0.3) is 0 Å². The van der Waals surface area contributed by atoms with E-state index >= 15 is 0 Å². The molecule has 0 atom stereocenters. The Kier molecular flexibility index (Phi) is 5.08. The quantitative estimate of drug-likeness (QED) is 0.706. The third-order valence-electron chi connectivity index (χ3n) is 3.95. The van der Waals surface area contributed by atoms with Crippen molar-refractivity contribution in [2.45, 2.75) is 24.7 Å². The van der Waals surface area contributed by atoms with Gasteiger partial charge >= 0.3 is 0 Å². The van der Waals surface area contributed by atoms with E-state index in [1.54, 1.807) is 12.1 Å². The topological polar surface area (TPSA) is 101 Å². The molecule has 7 heteroatoms. The van der Waals surface area contributed by atoms with E-state index in [2.05, 4.69) is 17.1 Å². The molecular formula is C14H24N4O2S. The first-order valence-corrected chi connectivity index (χ1v) is 8.79. The normalized spacial score (nSPS) is 17.8. The summed E-state index contributed by atoms with van der Waals surface area (Å²) in [5.74, 6) is 0.833. The summed E-state index contributed by atoms with van der Waals surface area (Å²) in [6.07, 6.45) is 2.52. The highest BCUT2D eigenvalue weighted by Gasteiger charge is 2.15. The Hall–Kier alpha value is -1.31. The van der Waals surface area contributed by atoms with Gasteiger partial charge in [0.1, 0.15) is 4.90 Å². The molecule has 1 aliphatic heterocycles. The smallest absolute Gasteiger partial charge is 0.240 e. The Labute approximate surface area is 126 Å². The molecule has 0 bridgehead atoms. The maximum absolute atomic E-state index is 11.3. The van der Waals surface area contributed by atoms with Crippen LogP contribution < -0.4 is 16.2 Å². The predicted octanol–water partition coefficient (Wildman–Crippen LogP) is 1.06. The van der Waals surface area contributed by atoms with Crippen LogP contribution in [-0.4, -0.2) is 39.5 Å². The summed E-state index contributed by atoms with van der Waals surface area (Å²) in [6, 6.07) is 4.74. The lowest BCUT2D eigenvalue weighted by molar-refractivity contribution is 0.199. The average molecular weight is 312 g/mol. The minimum Gasteiger partial charge on any atom is -0.398 e. The van der Waals surface area contributed by atoms with Crippen molar-refractivity contribution in [2.75, 3.05) is 37.2 Å². The van der Waals surface area contributed by atoms with Crippen LogP contribution in [0.3, 0.4) is 0 Å². The Morgan fingerprint density at radius 2 is 2.00 bits per heavy atom. The molecule has 1 fully saturated rings. The SMILES string of the molecule is CC1CCN(CCNc2ccc(S(N)(=O)=O)c(N)c2)CC1. The van der Waals surface area contributed by atoms with E-state index in [0.29, 0.717) is 0 Å². The van der Waals surface area contributed by atoms with E-state index in [-0.39, 0.29) is 10.6 Å². The summed E-state index contributed by atoms with van der Waals surface area (Å²) in [5.41, 5.74) is 6.71. The summed E-state index contributed by atoms with van der Waals surface area (Å²) < 4.78 is 22.6. The molecule has 118 valence electrons. The fraction of sp³-hybridized carbons (Fsp3) is 0.571. The second-order valence-electron chi connectivity index (χ2n) is 5.75. The van der Waals surface area contributed by atoms with Gasteiger partial charge in [-0.2, -0.15) is 0 Å². The van der Waals surface area contributed by atoms with Crippen molar-refractivity contribution in [3.8, 4) is 0 Å². The zero-order valence-corrected chi connectivity index (χ0v) is 13.2. The molecule has 6 nitrogen and oxygen atoms in total. The number of nitrogens with zero attached hydrogens (tertiary/aromatic N) is 1. The zero-order chi connectivity index (χ0) is 15.5. The van der Waals surface area contributed by atoms with Gasteiger partial charge in [0.05, 0.1) is 5.69 Å². The van der Waals surface area contributed by atoms with Crippen molar-refractivity contribution in [3.05, 3.63) is 18.2 Å². The van der Waals surface area contributed by atoms with Gasteiger partial charge < -0.3 is 16.0 Å². The molecule has 1 aromatic carbocycles. The lowest BCUT2D eigenvalue weighted by Gasteiger charge is -2.30. The van der Waals surface area contributed by atoms with Gasteiger partial charge in [0.2, 0.25) is 10.0 Å². The number of nitrogen functional groups attached to an aromatic ring is 1. The molecule has 2 rings (SSSR count). The lowest BCUT2D eigenvalue weighted by Crippen LogP contribution is -2.36. The molecule has 1 aromatic rings. The van der Waals surface area contributed by atoms with Crippen molar-refractivity contribution in [1.82, 2.24) is 4.90 Å². The van der Waals surface area contributed by atoms with E-state index in [1.165, 1.54) is 18.9 Å². The summed E-state index contributed by atoms with van der Waals surface area (Å²) in [5, 5.41) is 8.35. The summed E-state index contributed by atoms with van der Waals surface area (Å²) in [7, 11) is -3.75. The molecule has 0 amide bonds. The van der Waals surface area contributed by atoms with E-state index in [9.17, 15) is 8.42 Å². The van der Waals surface area contributed by atoms with Gasteiger partial charge in [-0.3, -0.25) is 0 Å². The molecule has 1 saturated heterocycles. The Balaban J connectivity index is 1.85. The zero-order valence-electron chi connectivity index (χ0n) is 12.4. The van der Waals surface area contributed by atoms with Crippen LogP contribution in [0.2, 0.25) is 0 Å². The van der Waals surface area contributed by atoms with Gasteiger partial charge in [-0.15, -0.1) is 0 Å². The van der Waals surface area contributed by atoms with Gasteiger partial charge in [-0.05, 0) is 50.0 Å². The Morgan fingerprint density at radius 3 is 2.57 bits per heavy atom. The van der Waals surface area contributed by atoms with Crippen LogP contribution in [0.1, 0.15) is 19.8 Å². The number of hydrogen-bond acceptors (Lipinski definition) is 5. The fourth-order valence-corrected chi connectivity index (χ4v) is 3.21. The number of primary sulfonamides is 1. The Bertz CT molecular complexity index is 581. The molecular weight excluding hydrogens is 288 g/mol. The standard InChI is InChI=1S/C14H24N4O2S/c1-11-4-7-18(8-5-11)9-6-17-12-2-3-14(13(15)10-12)21(16,19)20/h2-3,10-11,17H,4-9,15H2,1H3,(H2,16,19,20). The second kappa shape index (κ2) is 6.64. The number of benzene rings is 1. The number of hydrogen-bond donors (Lipinski definition) is 3. The highest BCUT2D eigenvalue weighted by Crippen LogP contribution is 2.21. The van der Waals surface area contributed by atoms with Crippen LogP contribution in [0.25, 0.3) is 0 Å². The molecule has 0 spiro atoms. The van der Waals surface area contributed by atoms with Gasteiger partial charge in [-0.1, -0.05) is 6.92 Å². The van der Waals surface area contributed by atoms with Crippen LogP contribution in [-0.2, 0) is 10.0 Å². The minimum atomic E-state index is -3.75. The van der Waals surface area contributed by atoms with Gasteiger partial charge in [0, 0.05) is 18.8 Å². The first-order chi connectivity index (χ1) is 9.86. The molecule has 0 aromatic heterocycles. The highest BCUT2D eigenvalue weighted by molar-refractivity contribution is 7.89. The molecule has 1 aliphatic rings. The van der Waals surface area contributed by atoms with Crippen LogP contribution in [0, 0.1) is 5.92 Å². The van der Waals surface area contributed by atoms with Gasteiger partial charge in [-0.25, -0.2) is 13.6 Å². The largest absolute Gasteiger partial charge is 0.398 e. The first-order valence-electron chi connectivity index (χ1n) is 7.25. The van der Waals surface area contributed by atoms with Gasteiger partial charge in [0.15, 0.2) is 0 Å².